The van der Waals surface area contributed by atoms with Crippen LogP contribution < -0.4 is 4.74 Å². The number of rotatable bonds is 3. The van der Waals surface area contributed by atoms with Gasteiger partial charge >= 0.3 is 0 Å². The maximum atomic E-state index is 13.6. The van der Waals surface area contributed by atoms with Gasteiger partial charge in [0.15, 0.2) is 0 Å². The Bertz CT molecular complexity index is 612. The molecule has 2 nitrogen and oxygen atoms in total. The molecule has 2 rings (SSSR count). The Morgan fingerprint density at radius 2 is 1.55 bits per heavy atom. The van der Waals surface area contributed by atoms with Gasteiger partial charge in [-0.2, -0.15) is 0 Å². The van der Waals surface area contributed by atoms with Gasteiger partial charge in [-0.15, -0.1) is 0 Å². The van der Waals surface area contributed by atoms with Crippen molar-refractivity contribution in [3.8, 4) is 5.75 Å². The van der Waals surface area contributed by atoms with Crippen molar-refractivity contribution < 1.29 is 14.2 Å². The highest BCUT2D eigenvalue weighted by Crippen LogP contribution is 2.30. The van der Waals surface area contributed by atoms with Crippen molar-refractivity contribution in [1.29, 1.82) is 0 Å². The van der Waals surface area contributed by atoms with Crippen LogP contribution in [0.25, 0.3) is 0 Å². The lowest BCUT2D eigenvalue weighted by atomic mass is 9.96. The van der Waals surface area contributed by atoms with E-state index >= 15 is 0 Å². The predicted molar refractivity (Wildman–Crippen MR) is 77.7 cm³/mol. The molecule has 0 aromatic heterocycles. The summed E-state index contributed by atoms with van der Waals surface area (Å²) in [6.45, 7) is 5.56. The lowest BCUT2D eigenvalue weighted by molar-refractivity contribution is 0.219. The lowest BCUT2D eigenvalue weighted by Crippen LogP contribution is -2.03. The smallest absolute Gasteiger partial charge is 0.126 e. The second-order valence-corrected chi connectivity index (χ2v) is 5.10. The molecule has 0 spiro atoms. The standard InChI is InChI=1S/C17H19FO2/c1-10-5-6-13(9-15(10)18)16(19)14-7-11(2)17(20-4)12(3)8-14/h5-9,16,19H,1-4H3. The van der Waals surface area contributed by atoms with Crippen LogP contribution in [-0.2, 0) is 0 Å². The van der Waals surface area contributed by atoms with Gasteiger partial charge in [0, 0.05) is 0 Å². The Morgan fingerprint density at radius 3 is 2.05 bits per heavy atom. The van der Waals surface area contributed by atoms with E-state index in [1.165, 1.54) is 6.07 Å². The molecule has 1 unspecified atom stereocenters. The fourth-order valence-corrected chi connectivity index (χ4v) is 2.44. The van der Waals surface area contributed by atoms with E-state index < -0.39 is 6.10 Å². The Morgan fingerprint density at radius 1 is 0.950 bits per heavy atom. The van der Waals surface area contributed by atoms with E-state index in [-0.39, 0.29) is 5.82 Å². The first-order chi connectivity index (χ1) is 9.43. The summed E-state index contributed by atoms with van der Waals surface area (Å²) in [5, 5.41) is 10.4. The minimum absolute atomic E-state index is 0.302. The van der Waals surface area contributed by atoms with Crippen molar-refractivity contribution in [3.05, 3.63) is 64.0 Å². The van der Waals surface area contributed by atoms with E-state index in [1.54, 1.807) is 26.2 Å². The van der Waals surface area contributed by atoms with Crippen LogP contribution in [0.3, 0.4) is 0 Å². The number of aryl methyl sites for hydroxylation is 3. The van der Waals surface area contributed by atoms with Crippen molar-refractivity contribution in [2.45, 2.75) is 26.9 Å². The Kier molecular flexibility index (Phi) is 4.09. The monoisotopic (exact) mass is 274 g/mol. The average Bonchev–Trinajstić information content (AvgIpc) is 2.40. The molecule has 0 radical (unpaired) electrons. The van der Waals surface area contributed by atoms with Crippen LogP contribution >= 0.6 is 0 Å². The number of aliphatic hydroxyl groups is 1. The van der Waals surface area contributed by atoms with E-state index in [0.717, 1.165) is 22.4 Å². The van der Waals surface area contributed by atoms with Gasteiger partial charge in [-0.1, -0.05) is 12.1 Å². The van der Waals surface area contributed by atoms with Gasteiger partial charge < -0.3 is 9.84 Å². The summed E-state index contributed by atoms with van der Waals surface area (Å²) in [6, 6.07) is 8.55. The highest BCUT2D eigenvalue weighted by molar-refractivity contribution is 5.45. The highest BCUT2D eigenvalue weighted by Gasteiger charge is 2.15. The van der Waals surface area contributed by atoms with Crippen LogP contribution in [0, 0.1) is 26.6 Å². The van der Waals surface area contributed by atoms with Gasteiger partial charge in [0.1, 0.15) is 17.7 Å². The zero-order valence-corrected chi connectivity index (χ0v) is 12.2. The first-order valence-electron chi connectivity index (χ1n) is 6.53. The van der Waals surface area contributed by atoms with Crippen molar-refractivity contribution in [2.24, 2.45) is 0 Å². The summed E-state index contributed by atoms with van der Waals surface area (Å²) in [5.74, 6) is 0.513. The summed E-state index contributed by atoms with van der Waals surface area (Å²) >= 11 is 0. The minimum Gasteiger partial charge on any atom is -0.496 e. The third-order valence-electron chi connectivity index (χ3n) is 3.51. The topological polar surface area (TPSA) is 29.5 Å². The fraction of sp³-hybridized carbons (Fsp3) is 0.294. The van der Waals surface area contributed by atoms with Crippen LogP contribution in [-0.4, -0.2) is 12.2 Å². The van der Waals surface area contributed by atoms with Gasteiger partial charge in [0.05, 0.1) is 7.11 Å². The molecule has 0 saturated heterocycles. The fourth-order valence-electron chi connectivity index (χ4n) is 2.44. The molecule has 0 aliphatic carbocycles. The zero-order chi connectivity index (χ0) is 14.9. The summed E-state index contributed by atoms with van der Waals surface area (Å²) in [4.78, 5) is 0. The number of hydrogen-bond acceptors (Lipinski definition) is 2. The molecule has 1 N–H and O–H groups in total. The van der Waals surface area contributed by atoms with Gasteiger partial charge in [-0.3, -0.25) is 0 Å². The summed E-state index contributed by atoms with van der Waals surface area (Å²) in [6.07, 6.45) is -0.839. The molecule has 3 heteroatoms. The molecule has 0 aliphatic heterocycles. The third-order valence-corrected chi connectivity index (χ3v) is 3.51. The van der Waals surface area contributed by atoms with Crippen LogP contribution in [0.2, 0.25) is 0 Å². The third kappa shape index (κ3) is 2.68. The van der Waals surface area contributed by atoms with Crippen molar-refractivity contribution in [3.63, 3.8) is 0 Å². The number of ether oxygens (including phenoxy) is 1. The number of hydrogen-bond donors (Lipinski definition) is 1. The summed E-state index contributed by atoms with van der Waals surface area (Å²) < 4.78 is 18.9. The highest BCUT2D eigenvalue weighted by atomic mass is 19.1. The molecule has 0 aliphatic rings. The van der Waals surface area contributed by atoms with Gasteiger partial charge in [0.2, 0.25) is 0 Å². The summed E-state index contributed by atoms with van der Waals surface area (Å²) in [7, 11) is 1.63. The predicted octanol–water partition coefficient (Wildman–Crippen LogP) is 3.84. The molecule has 0 saturated carbocycles. The quantitative estimate of drug-likeness (QED) is 0.921. The molecule has 2 aromatic rings. The van der Waals surface area contributed by atoms with Crippen LogP contribution in [0.4, 0.5) is 4.39 Å². The molecule has 1 atom stereocenters. The van der Waals surface area contributed by atoms with Gasteiger partial charge in [0.25, 0.3) is 0 Å². The Balaban J connectivity index is 2.42. The van der Waals surface area contributed by atoms with Gasteiger partial charge in [-0.25, -0.2) is 4.39 Å². The van der Waals surface area contributed by atoms with Crippen LogP contribution in [0.5, 0.6) is 5.75 Å². The Labute approximate surface area is 118 Å². The van der Waals surface area contributed by atoms with E-state index in [4.69, 9.17) is 4.74 Å². The molecule has 2 aromatic carbocycles. The minimum atomic E-state index is -0.839. The molecular formula is C17H19FO2. The second kappa shape index (κ2) is 5.63. The maximum Gasteiger partial charge on any atom is 0.126 e. The average molecular weight is 274 g/mol. The molecule has 20 heavy (non-hydrogen) atoms. The molecule has 0 amide bonds. The van der Waals surface area contributed by atoms with Crippen molar-refractivity contribution in [2.75, 3.05) is 7.11 Å². The first kappa shape index (κ1) is 14.5. The Hall–Kier alpha value is -1.87. The van der Waals surface area contributed by atoms with Crippen molar-refractivity contribution >= 4 is 0 Å². The maximum absolute atomic E-state index is 13.6. The lowest BCUT2D eigenvalue weighted by Gasteiger charge is -2.16. The van der Waals surface area contributed by atoms with E-state index in [1.807, 2.05) is 26.0 Å². The number of benzene rings is 2. The normalized spacial score (nSPS) is 12.3. The summed E-state index contributed by atoms with van der Waals surface area (Å²) in [5.41, 5.74) is 3.77. The van der Waals surface area contributed by atoms with E-state index in [9.17, 15) is 9.50 Å². The SMILES string of the molecule is COc1c(C)cc(C(O)c2ccc(C)c(F)c2)cc1C. The van der Waals surface area contributed by atoms with Crippen molar-refractivity contribution in [1.82, 2.24) is 0 Å². The molecule has 0 bridgehead atoms. The molecular weight excluding hydrogens is 255 g/mol. The first-order valence-corrected chi connectivity index (χ1v) is 6.53. The number of aliphatic hydroxyl groups excluding tert-OH is 1. The number of methoxy groups -OCH3 is 1. The molecule has 106 valence electrons. The van der Waals surface area contributed by atoms with E-state index in [2.05, 4.69) is 0 Å². The van der Waals surface area contributed by atoms with E-state index in [0.29, 0.717) is 11.1 Å². The number of halogens is 1. The largest absolute Gasteiger partial charge is 0.496 e. The van der Waals surface area contributed by atoms with Crippen LogP contribution in [0.15, 0.2) is 30.3 Å². The zero-order valence-electron chi connectivity index (χ0n) is 12.2. The molecule has 0 heterocycles. The van der Waals surface area contributed by atoms with Crippen LogP contribution in [0.1, 0.15) is 33.9 Å². The molecule has 0 fully saturated rings. The second-order valence-electron chi connectivity index (χ2n) is 5.10. The van der Waals surface area contributed by atoms with Gasteiger partial charge in [-0.05, 0) is 66.8 Å².